The maximum Gasteiger partial charge on any atom is 0.259 e. The van der Waals surface area contributed by atoms with Crippen molar-refractivity contribution in [2.45, 2.75) is 20.4 Å². The molecule has 1 heterocycles. The van der Waals surface area contributed by atoms with Crippen molar-refractivity contribution in [3.63, 3.8) is 0 Å². The zero-order chi connectivity index (χ0) is 22.7. The van der Waals surface area contributed by atoms with Crippen LogP contribution in [0.2, 0.25) is 5.02 Å². The molecule has 31 heavy (non-hydrogen) atoms. The molecule has 0 fully saturated rings. The molecule has 3 aromatic rings. The van der Waals surface area contributed by atoms with Crippen LogP contribution in [-0.2, 0) is 6.54 Å². The lowest BCUT2D eigenvalue weighted by Crippen LogP contribution is -2.15. The summed E-state index contributed by atoms with van der Waals surface area (Å²) in [7, 11) is 4.41. The largest absolute Gasteiger partial charge is 0.493 e. The fraction of sp³-hybridized carbons (Fsp3) is 0.273. The Kier molecular flexibility index (Phi) is 6.70. The SMILES string of the molecule is COc1ccc(C(=O)Nc2c(C)nn(Cc3c(F)cccc3Cl)c2C)c(OC)c1OC. The van der Waals surface area contributed by atoms with Gasteiger partial charge >= 0.3 is 0 Å². The number of amides is 1. The lowest BCUT2D eigenvalue weighted by Gasteiger charge is -2.15. The van der Waals surface area contributed by atoms with Crippen molar-refractivity contribution in [3.8, 4) is 17.2 Å². The number of carbonyl (C=O) groups excluding carboxylic acids is 1. The van der Waals surface area contributed by atoms with Crippen LogP contribution in [0.15, 0.2) is 30.3 Å². The Balaban J connectivity index is 1.93. The second-order valence-electron chi connectivity index (χ2n) is 6.74. The molecule has 0 unspecified atom stereocenters. The third-order valence-electron chi connectivity index (χ3n) is 4.94. The van der Waals surface area contributed by atoms with Gasteiger partial charge in [-0.2, -0.15) is 5.10 Å². The highest BCUT2D eigenvalue weighted by molar-refractivity contribution is 6.31. The van der Waals surface area contributed by atoms with Gasteiger partial charge in [-0.3, -0.25) is 9.48 Å². The highest BCUT2D eigenvalue weighted by atomic mass is 35.5. The predicted octanol–water partition coefficient (Wildman–Crippen LogP) is 4.62. The van der Waals surface area contributed by atoms with E-state index in [1.54, 1.807) is 42.8 Å². The Hall–Kier alpha value is -3.26. The van der Waals surface area contributed by atoms with E-state index in [-0.39, 0.29) is 17.9 Å². The van der Waals surface area contributed by atoms with Crippen LogP contribution in [0.4, 0.5) is 10.1 Å². The molecule has 0 atom stereocenters. The molecule has 1 amide bonds. The molecule has 1 aromatic heterocycles. The topological polar surface area (TPSA) is 74.6 Å². The number of benzene rings is 2. The Morgan fingerprint density at radius 3 is 2.42 bits per heavy atom. The van der Waals surface area contributed by atoms with Crippen molar-refractivity contribution in [2.24, 2.45) is 0 Å². The van der Waals surface area contributed by atoms with E-state index in [4.69, 9.17) is 25.8 Å². The molecular formula is C22H23ClFN3O4. The molecule has 0 bridgehead atoms. The third-order valence-corrected chi connectivity index (χ3v) is 5.29. The summed E-state index contributed by atoms with van der Waals surface area (Å²) in [6, 6.07) is 7.73. The van der Waals surface area contributed by atoms with E-state index in [0.29, 0.717) is 39.2 Å². The summed E-state index contributed by atoms with van der Waals surface area (Å²) >= 11 is 6.14. The molecule has 0 radical (unpaired) electrons. The number of aryl methyl sites for hydroxylation is 1. The monoisotopic (exact) mass is 447 g/mol. The molecule has 0 aliphatic heterocycles. The van der Waals surface area contributed by atoms with Crippen LogP contribution in [0.3, 0.4) is 0 Å². The summed E-state index contributed by atoms with van der Waals surface area (Å²) < 4.78 is 31.8. The van der Waals surface area contributed by atoms with E-state index in [0.717, 1.165) is 0 Å². The Morgan fingerprint density at radius 2 is 1.81 bits per heavy atom. The number of nitrogens with zero attached hydrogens (tertiary/aromatic N) is 2. The van der Waals surface area contributed by atoms with Crippen LogP contribution in [0.25, 0.3) is 0 Å². The predicted molar refractivity (Wildman–Crippen MR) is 116 cm³/mol. The van der Waals surface area contributed by atoms with E-state index in [2.05, 4.69) is 10.4 Å². The van der Waals surface area contributed by atoms with Crippen LogP contribution in [0.5, 0.6) is 17.2 Å². The number of nitrogens with one attached hydrogen (secondary N) is 1. The molecule has 0 saturated carbocycles. The minimum atomic E-state index is -0.416. The van der Waals surface area contributed by atoms with E-state index in [9.17, 15) is 9.18 Å². The van der Waals surface area contributed by atoms with Crippen molar-refractivity contribution in [2.75, 3.05) is 26.6 Å². The summed E-state index contributed by atoms with van der Waals surface area (Å²) in [4.78, 5) is 13.0. The molecule has 2 aromatic carbocycles. The first-order valence-corrected chi connectivity index (χ1v) is 9.77. The van der Waals surface area contributed by atoms with Crippen molar-refractivity contribution in [3.05, 3.63) is 63.7 Å². The lowest BCUT2D eigenvalue weighted by atomic mass is 10.1. The summed E-state index contributed by atoms with van der Waals surface area (Å²) in [5.41, 5.74) is 2.36. The molecule has 3 rings (SSSR count). The number of halogens is 2. The van der Waals surface area contributed by atoms with Crippen molar-refractivity contribution in [1.82, 2.24) is 9.78 Å². The van der Waals surface area contributed by atoms with Crippen LogP contribution in [0, 0.1) is 19.7 Å². The first-order valence-electron chi connectivity index (χ1n) is 9.39. The standard InChI is InChI=1S/C22H23ClFN3O4/c1-12-19(13(2)27(26-12)11-15-16(23)7-6-8-17(15)24)25-22(28)14-9-10-18(29-3)21(31-5)20(14)30-4/h6-10H,11H2,1-5H3,(H,25,28). The average molecular weight is 448 g/mol. The van der Waals surface area contributed by atoms with Gasteiger partial charge in [0.15, 0.2) is 11.5 Å². The van der Waals surface area contributed by atoms with Gasteiger partial charge in [0.25, 0.3) is 5.91 Å². The maximum atomic E-state index is 14.2. The fourth-order valence-corrected chi connectivity index (χ4v) is 3.55. The summed E-state index contributed by atoms with van der Waals surface area (Å²) in [5.74, 6) is 0.183. The first kappa shape index (κ1) is 22.4. The van der Waals surface area contributed by atoms with E-state index >= 15 is 0 Å². The minimum absolute atomic E-state index is 0.133. The van der Waals surface area contributed by atoms with Gasteiger partial charge in [-0.15, -0.1) is 0 Å². The van der Waals surface area contributed by atoms with Crippen LogP contribution in [-0.4, -0.2) is 37.0 Å². The van der Waals surface area contributed by atoms with Gasteiger partial charge in [0.1, 0.15) is 5.82 Å². The highest BCUT2D eigenvalue weighted by Gasteiger charge is 2.23. The number of ether oxygens (including phenoxy) is 3. The Labute approximate surface area is 184 Å². The summed E-state index contributed by atoms with van der Waals surface area (Å²) in [6.07, 6.45) is 0. The van der Waals surface area contributed by atoms with Gasteiger partial charge in [0, 0.05) is 10.6 Å². The molecule has 164 valence electrons. The van der Waals surface area contributed by atoms with Gasteiger partial charge < -0.3 is 19.5 Å². The fourth-order valence-electron chi connectivity index (χ4n) is 3.33. The van der Waals surface area contributed by atoms with Crippen LogP contribution >= 0.6 is 11.6 Å². The third kappa shape index (κ3) is 4.29. The van der Waals surface area contributed by atoms with Gasteiger partial charge in [-0.25, -0.2) is 4.39 Å². The summed E-state index contributed by atoms with van der Waals surface area (Å²) in [6.45, 7) is 3.68. The molecule has 7 nitrogen and oxygen atoms in total. The molecule has 0 aliphatic rings. The van der Waals surface area contributed by atoms with Gasteiger partial charge in [-0.1, -0.05) is 17.7 Å². The second-order valence-corrected chi connectivity index (χ2v) is 7.15. The molecule has 0 spiro atoms. The van der Waals surface area contributed by atoms with E-state index in [1.165, 1.54) is 27.4 Å². The van der Waals surface area contributed by atoms with Crippen molar-refractivity contribution < 1.29 is 23.4 Å². The number of methoxy groups -OCH3 is 3. The van der Waals surface area contributed by atoms with Gasteiger partial charge in [0.05, 0.1) is 50.5 Å². The number of hydrogen-bond donors (Lipinski definition) is 1. The van der Waals surface area contributed by atoms with Crippen molar-refractivity contribution in [1.29, 1.82) is 0 Å². The number of aromatic nitrogens is 2. The Morgan fingerprint density at radius 1 is 1.10 bits per heavy atom. The first-order chi connectivity index (χ1) is 14.8. The van der Waals surface area contributed by atoms with E-state index < -0.39 is 11.7 Å². The molecular weight excluding hydrogens is 425 g/mol. The highest BCUT2D eigenvalue weighted by Crippen LogP contribution is 2.40. The number of rotatable bonds is 7. The minimum Gasteiger partial charge on any atom is -0.493 e. The molecule has 9 heteroatoms. The van der Waals surface area contributed by atoms with Gasteiger partial charge in [0.2, 0.25) is 5.75 Å². The summed E-state index contributed by atoms with van der Waals surface area (Å²) in [5, 5.41) is 7.62. The van der Waals surface area contributed by atoms with Crippen molar-refractivity contribution >= 4 is 23.2 Å². The average Bonchev–Trinajstić information content (AvgIpc) is 3.02. The zero-order valence-corrected chi connectivity index (χ0v) is 18.6. The van der Waals surface area contributed by atoms with Crippen LogP contribution < -0.4 is 19.5 Å². The normalized spacial score (nSPS) is 10.7. The van der Waals surface area contributed by atoms with Gasteiger partial charge in [-0.05, 0) is 38.1 Å². The molecule has 0 saturated heterocycles. The van der Waals surface area contributed by atoms with Crippen LogP contribution in [0.1, 0.15) is 27.3 Å². The number of carbonyl (C=O) groups is 1. The smallest absolute Gasteiger partial charge is 0.259 e. The molecule has 1 N–H and O–H groups in total. The maximum absolute atomic E-state index is 14.2. The van der Waals surface area contributed by atoms with E-state index in [1.807, 2.05) is 0 Å². The zero-order valence-electron chi connectivity index (χ0n) is 17.9. The number of anilines is 1. The quantitative estimate of drug-likeness (QED) is 0.572. The Bertz CT molecular complexity index is 1110. The number of hydrogen-bond acceptors (Lipinski definition) is 5. The lowest BCUT2D eigenvalue weighted by molar-refractivity contribution is 0.102. The second kappa shape index (κ2) is 9.26. The molecule has 0 aliphatic carbocycles.